The maximum Gasteiger partial charge on any atom is 0.185 e. The molecule has 0 atom stereocenters. The molecule has 0 saturated carbocycles. The molecular formula is C9H7NO2. The number of nitrogens with zero attached hydrogens (tertiary/aromatic N) is 1. The Bertz CT molecular complexity index is 331. The molecule has 1 rings (SSSR count). The molecule has 0 aliphatic heterocycles. The lowest BCUT2D eigenvalue weighted by molar-refractivity contribution is 0.110. The number of carbonyl (C=O) groups excluding carboxylic acids is 1. The first-order valence-corrected chi connectivity index (χ1v) is 3.45. The molecule has 1 aromatic rings. The van der Waals surface area contributed by atoms with Crippen LogP contribution < -0.4 is 0 Å². The number of allylic oxidation sites excluding steroid dienone is 1. The maximum atomic E-state index is 10.2. The van der Waals surface area contributed by atoms with E-state index in [1.807, 2.05) is 6.07 Å². The summed E-state index contributed by atoms with van der Waals surface area (Å²) in [6.45, 7) is 0. The lowest BCUT2D eigenvalue weighted by Gasteiger charge is -1.81. The highest BCUT2D eigenvalue weighted by molar-refractivity contribution is 5.71. The molecule has 0 fully saturated rings. The number of hydrogen-bond acceptors (Lipinski definition) is 3. The number of aldehydes is 1. The Kier molecular flexibility index (Phi) is 2.86. The van der Waals surface area contributed by atoms with Crippen molar-refractivity contribution in [2.45, 2.75) is 6.42 Å². The van der Waals surface area contributed by atoms with Gasteiger partial charge in [0.05, 0.1) is 12.5 Å². The zero-order valence-corrected chi connectivity index (χ0v) is 6.36. The Morgan fingerprint density at radius 2 is 2.25 bits per heavy atom. The lowest BCUT2D eigenvalue weighted by Crippen LogP contribution is -1.67. The van der Waals surface area contributed by atoms with E-state index in [9.17, 15) is 4.79 Å². The predicted octanol–water partition coefficient (Wildman–Crippen LogP) is 2.02. The first-order chi connectivity index (χ1) is 5.86. The summed E-state index contributed by atoms with van der Waals surface area (Å²) in [5.74, 6) is 0.888. The van der Waals surface area contributed by atoms with E-state index in [0.29, 0.717) is 24.2 Å². The van der Waals surface area contributed by atoms with Gasteiger partial charge in [0.15, 0.2) is 12.0 Å². The van der Waals surface area contributed by atoms with Crippen LogP contribution in [0.15, 0.2) is 22.6 Å². The van der Waals surface area contributed by atoms with Crippen LogP contribution in [-0.4, -0.2) is 6.29 Å². The van der Waals surface area contributed by atoms with Gasteiger partial charge in [-0.1, -0.05) is 6.08 Å². The molecule has 12 heavy (non-hydrogen) atoms. The van der Waals surface area contributed by atoms with Crippen molar-refractivity contribution < 1.29 is 9.21 Å². The van der Waals surface area contributed by atoms with E-state index in [1.54, 1.807) is 24.3 Å². The van der Waals surface area contributed by atoms with Crippen molar-refractivity contribution in [3.63, 3.8) is 0 Å². The molecule has 0 amide bonds. The van der Waals surface area contributed by atoms with Crippen LogP contribution in [0.25, 0.3) is 6.08 Å². The van der Waals surface area contributed by atoms with E-state index in [4.69, 9.17) is 9.68 Å². The fourth-order valence-corrected chi connectivity index (χ4v) is 0.749. The molecule has 0 N–H and O–H groups in total. The summed E-state index contributed by atoms with van der Waals surface area (Å²) in [5.41, 5.74) is 0. The topological polar surface area (TPSA) is 54.0 Å². The average molecular weight is 161 g/mol. The quantitative estimate of drug-likeness (QED) is 0.637. The Morgan fingerprint density at radius 3 is 2.83 bits per heavy atom. The van der Waals surface area contributed by atoms with Gasteiger partial charge in [0, 0.05) is 0 Å². The van der Waals surface area contributed by atoms with Crippen LogP contribution in [0, 0.1) is 11.3 Å². The minimum absolute atomic E-state index is 0.298. The minimum Gasteiger partial charge on any atom is -0.454 e. The summed E-state index contributed by atoms with van der Waals surface area (Å²) >= 11 is 0. The Balaban J connectivity index is 2.65. The van der Waals surface area contributed by atoms with E-state index in [2.05, 4.69) is 0 Å². The van der Waals surface area contributed by atoms with Crippen molar-refractivity contribution in [2.24, 2.45) is 0 Å². The second kappa shape index (κ2) is 4.14. The Morgan fingerprint density at radius 1 is 1.50 bits per heavy atom. The summed E-state index contributed by atoms with van der Waals surface area (Å²) in [7, 11) is 0. The van der Waals surface area contributed by atoms with Crippen molar-refractivity contribution in [3.8, 4) is 6.07 Å². The SMILES string of the molecule is N#CCC=Cc1ccc(C=O)o1. The third kappa shape index (κ3) is 2.10. The number of furan rings is 1. The molecule has 0 saturated heterocycles. The van der Waals surface area contributed by atoms with E-state index in [1.165, 1.54) is 0 Å². The highest BCUT2D eigenvalue weighted by atomic mass is 16.3. The van der Waals surface area contributed by atoms with Crippen molar-refractivity contribution in [2.75, 3.05) is 0 Å². The van der Waals surface area contributed by atoms with E-state index in [-0.39, 0.29) is 0 Å². The molecule has 3 nitrogen and oxygen atoms in total. The van der Waals surface area contributed by atoms with Crippen molar-refractivity contribution in [3.05, 3.63) is 29.7 Å². The highest BCUT2D eigenvalue weighted by Crippen LogP contribution is 2.07. The van der Waals surface area contributed by atoms with Crippen LogP contribution in [0.4, 0.5) is 0 Å². The molecule has 0 aliphatic rings. The molecule has 0 aliphatic carbocycles. The normalized spacial score (nSPS) is 9.92. The molecule has 60 valence electrons. The first-order valence-electron chi connectivity index (χ1n) is 3.45. The fraction of sp³-hybridized carbons (Fsp3) is 0.111. The number of nitriles is 1. The third-order valence-corrected chi connectivity index (χ3v) is 1.25. The molecule has 0 radical (unpaired) electrons. The molecule has 0 bridgehead atoms. The number of carbonyl (C=O) groups is 1. The van der Waals surface area contributed by atoms with Crippen LogP contribution in [0.2, 0.25) is 0 Å². The van der Waals surface area contributed by atoms with Gasteiger partial charge in [0.25, 0.3) is 0 Å². The van der Waals surface area contributed by atoms with Gasteiger partial charge < -0.3 is 4.42 Å². The average Bonchev–Trinajstić information content (AvgIpc) is 2.53. The Hall–Kier alpha value is -1.82. The molecule has 0 spiro atoms. The van der Waals surface area contributed by atoms with Crippen LogP contribution in [0.5, 0.6) is 0 Å². The minimum atomic E-state index is 0.298. The lowest BCUT2D eigenvalue weighted by atomic mass is 10.3. The first kappa shape index (κ1) is 8.28. The summed E-state index contributed by atoms with van der Waals surface area (Å²) in [5, 5.41) is 8.21. The zero-order chi connectivity index (χ0) is 8.81. The predicted molar refractivity (Wildman–Crippen MR) is 43.4 cm³/mol. The molecule has 1 heterocycles. The number of hydrogen-bond donors (Lipinski definition) is 0. The van der Waals surface area contributed by atoms with Gasteiger partial charge in [0.2, 0.25) is 0 Å². The molecule has 3 heteroatoms. The van der Waals surface area contributed by atoms with Gasteiger partial charge in [-0.2, -0.15) is 5.26 Å². The van der Waals surface area contributed by atoms with Gasteiger partial charge in [-0.25, -0.2) is 0 Å². The standard InChI is InChI=1S/C9H7NO2/c10-6-2-1-3-8-4-5-9(7-11)12-8/h1,3-5,7H,2H2. The summed E-state index contributed by atoms with van der Waals surface area (Å²) in [6, 6.07) is 5.22. The highest BCUT2D eigenvalue weighted by Gasteiger charge is 1.94. The largest absolute Gasteiger partial charge is 0.454 e. The van der Waals surface area contributed by atoms with Crippen LogP contribution in [0.3, 0.4) is 0 Å². The Labute approximate surface area is 69.9 Å². The van der Waals surface area contributed by atoms with Gasteiger partial charge in [-0.3, -0.25) is 4.79 Å². The van der Waals surface area contributed by atoms with Gasteiger partial charge >= 0.3 is 0 Å². The van der Waals surface area contributed by atoms with Gasteiger partial charge in [-0.05, 0) is 18.2 Å². The van der Waals surface area contributed by atoms with Crippen LogP contribution in [-0.2, 0) is 0 Å². The van der Waals surface area contributed by atoms with E-state index >= 15 is 0 Å². The third-order valence-electron chi connectivity index (χ3n) is 1.25. The smallest absolute Gasteiger partial charge is 0.185 e. The molecule has 1 aromatic heterocycles. The van der Waals surface area contributed by atoms with E-state index in [0.717, 1.165) is 0 Å². The maximum absolute atomic E-state index is 10.2. The van der Waals surface area contributed by atoms with Crippen LogP contribution in [0.1, 0.15) is 22.7 Å². The van der Waals surface area contributed by atoms with Gasteiger partial charge in [0.1, 0.15) is 5.76 Å². The monoisotopic (exact) mass is 161 g/mol. The van der Waals surface area contributed by atoms with Crippen molar-refractivity contribution >= 4 is 12.4 Å². The molecule has 0 aromatic carbocycles. The zero-order valence-electron chi connectivity index (χ0n) is 6.36. The fourth-order valence-electron chi connectivity index (χ4n) is 0.749. The van der Waals surface area contributed by atoms with Crippen molar-refractivity contribution in [1.82, 2.24) is 0 Å². The van der Waals surface area contributed by atoms with E-state index < -0.39 is 0 Å². The van der Waals surface area contributed by atoms with Gasteiger partial charge in [-0.15, -0.1) is 0 Å². The number of rotatable bonds is 3. The summed E-state index contributed by atoms with van der Waals surface area (Å²) in [6.07, 6.45) is 4.32. The molecule has 0 unspecified atom stereocenters. The van der Waals surface area contributed by atoms with Crippen LogP contribution >= 0.6 is 0 Å². The summed E-state index contributed by atoms with van der Waals surface area (Å²) < 4.78 is 5.02. The second-order valence-corrected chi connectivity index (χ2v) is 2.12. The molecular weight excluding hydrogens is 154 g/mol. The summed E-state index contributed by atoms with van der Waals surface area (Å²) in [4.78, 5) is 10.2. The second-order valence-electron chi connectivity index (χ2n) is 2.12. The van der Waals surface area contributed by atoms with Crippen molar-refractivity contribution in [1.29, 1.82) is 5.26 Å².